The van der Waals surface area contributed by atoms with Gasteiger partial charge in [-0.3, -0.25) is 24.1 Å². The van der Waals surface area contributed by atoms with E-state index in [-0.39, 0.29) is 42.0 Å². The lowest BCUT2D eigenvalue weighted by atomic mass is 9.89. The summed E-state index contributed by atoms with van der Waals surface area (Å²) in [5, 5.41) is 12.5. The molecule has 11 nitrogen and oxygen atoms in total. The summed E-state index contributed by atoms with van der Waals surface area (Å²) in [6, 6.07) is -1.54. The molecule has 3 amide bonds. The van der Waals surface area contributed by atoms with Crippen LogP contribution in [0.25, 0.3) is 0 Å². The Hall–Kier alpha value is -2.24. The monoisotopic (exact) mass is 584 g/mol. The summed E-state index contributed by atoms with van der Waals surface area (Å²) in [5.41, 5.74) is -0.811. The van der Waals surface area contributed by atoms with E-state index < -0.39 is 41.7 Å². The minimum Gasteiger partial charge on any atom is -0.481 e. The maximum Gasteiger partial charge on any atom is 0.308 e. The quantitative estimate of drug-likeness (QED) is 0.283. The number of ether oxygens (including phenoxy) is 2. The fourth-order valence-corrected chi connectivity index (χ4v) is 5.55. The van der Waals surface area contributed by atoms with Crippen molar-refractivity contribution in [1.82, 2.24) is 20.0 Å². The highest BCUT2D eigenvalue weighted by Gasteiger charge is 2.43. The highest BCUT2D eigenvalue weighted by molar-refractivity contribution is 5.92. The number of carboxylic acids is 1. The second kappa shape index (κ2) is 15.8. The predicted molar refractivity (Wildman–Crippen MR) is 158 cm³/mol. The molecule has 0 aromatic carbocycles. The number of aliphatic carboxylic acids is 1. The van der Waals surface area contributed by atoms with Gasteiger partial charge in [0.15, 0.2) is 0 Å². The number of nitrogens with one attached hydrogen (secondary N) is 1. The van der Waals surface area contributed by atoms with E-state index in [0.717, 1.165) is 12.8 Å². The first-order valence-electron chi connectivity index (χ1n) is 14.8. The average molecular weight is 585 g/mol. The van der Waals surface area contributed by atoms with Crippen molar-refractivity contribution < 1.29 is 33.8 Å². The summed E-state index contributed by atoms with van der Waals surface area (Å²) in [6.07, 6.45) is 0.961. The van der Waals surface area contributed by atoms with Crippen molar-refractivity contribution in [3.63, 3.8) is 0 Å². The number of likely N-dealkylation sites (N-methyl/N-ethyl adjacent to an activating group) is 2. The number of hydrogen-bond acceptors (Lipinski definition) is 7. The lowest BCUT2D eigenvalue weighted by Gasteiger charge is -2.41. The van der Waals surface area contributed by atoms with Gasteiger partial charge in [-0.05, 0) is 59.5 Å². The largest absolute Gasteiger partial charge is 0.481 e. The highest BCUT2D eigenvalue weighted by atomic mass is 16.5. The molecule has 0 saturated carbocycles. The zero-order chi connectivity index (χ0) is 31.8. The van der Waals surface area contributed by atoms with E-state index in [1.807, 2.05) is 41.8 Å². The number of likely N-dealkylation sites (tertiary alicyclic amines) is 1. The van der Waals surface area contributed by atoms with Crippen LogP contribution in [0.4, 0.5) is 0 Å². The van der Waals surface area contributed by atoms with Crippen molar-refractivity contribution in [2.45, 2.75) is 110 Å². The summed E-state index contributed by atoms with van der Waals surface area (Å²) >= 11 is 0. The number of carbonyl (C=O) groups is 4. The van der Waals surface area contributed by atoms with Crippen LogP contribution in [0.15, 0.2) is 0 Å². The minimum atomic E-state index is -0.969. The van der Waals surface area contributed by atoms with Crippen LogP contribution in [0.2, 0.25) is 0 Å². The van der Waals surface area contributed by atoms with Gasteiger partial charge in [0.05, 0.1) is 42.2 Å². The standard InChI is InChI=1S/C30H56N4O7/c1-13-19(4)25(33(10)27(36)24(18(2)3)31-29(39)30(6,7)32(8)9)22(40-11)17-23(35)34-16-14-15-21(34)26(41-12)20(5)28(37)38/h18-22,24-26H,13-17H2,1-12H3,(H,31,39)(H,37,38)/t19-,20+,21?,22+,24?,25-,26+/m0/s1. The van der Waals surface area contributed by atoms with E-state index in [1.54, 1.807) is 49.6 Å². The van der Waals surface area contributed by atoms with Gasteiger partial charge in [-0.25, -0.2) is 0 Å². The maximum atomic E-state index is 13.9. The molecule has 0 aromatic heterocycles. The van der Waals surface area contributed by atoms with Gasteiger partial charge in [-0.1, -0.05) is 34.1 Å². The molecule has 1 aliphatic heterocycles. The highest BCUT2D eigenvalue weighted by Crippen LogP contribution is 2.29. The minimum absolute atomic E-state index is 0.00318. The van der Waals surface area contributed by atoms with Gasteiger partial charge in [-0.15, -0.1) is 0 Å². The second-order valence-corrected chi connectivity index (χ2v) is 12.6. The van der Waals surface area contributed by atoms with Gasteiger partial charge in [-0.2, -0.15) is 0 Å². The number of carboxylic acid groups (broad SMARTS) is 1. The Morgan fingerprint density at radius 1 is 1.05 bits per heavy atom. The summed E-state index contributed by atoms with van der Waals surface area (Å²) in [5.74, 6) is -2.55. The zero-order valence-corrected chi connectivity index (χ0v) is 27.4. The molecule has 11 heteroatoms. The fraction of sp³-hybridized carbons (Fsp3) is 0.867. The molecule has 7 atom stereocenters. The smallest absolute Gasteiger partial charge is 0.308 e. The molecular weight excluding hydrogens is 528 g/mol. The van der Waals surface area contributed by atoms with Crippen molar-refractivity contribution in [3.8, 4) is 0 Å². The molecule has 41 heavy (non-hydrogen) atoms. The van der Waals surface area contributed by atoms with Crippen LogP contribution in [0.3, 0.4) is 0 Å². The number of carbonyl (C=O) groups excluding carboxylic acids is 3. The zero-order valence-electron chi connectivity index (χ0n) is 27.4. The Balaban J connectivity index is 3.26. The van der Waals surface area contributed by atoms with Crippen LogP contribution in [0.1, 0.15) is 74.1 Å². The van der Waals surface area contributed by atoms with Crippen LogP contribution in [0, 0.1) is 17.8 Å². The third kappa shape index (κ3) is 8.88. The number of rotatable bonds is 16. The van der Waals surface area contributed by atoms with Crippen molar-refractivity contribution >= 4 is 23.7 Å². The first-order chi connectivity index (χ1) is 19.0. The van der Waals surface area contributed by atoms with Gasteiger partial charge in [0.25, 0.3) is 0 Å². The van der Waals surface area contributed by atoms with E-state index in [9.17, 15) is 24.3 Å². The van der Waals surface area contributed by atoms with Crippen LogP contribution in [-0.2, 0) is 28.7 Å². The Morgan fingerprint density at radius 3 is 2.07 bits per heavy atom. The average Bonchev–Trinajstić information content (AvgIpc) is 3.39. The summed E-state index contributed by atoms with van der Waals surface area (Å²) in [6.45, 7) is 13.6. The van der Waals surface area contributed by atoms with E-state index in [0.29, 0.717) is 13.0 Å². The van der Waals surface area contributed by atoms with Crippen LogP contribution in [0.5, 0.6) is 0 Å². The Kier molecular flexibility index (Phi) is 14.2. The van der Waals surface area contributed by atoms with Crippen LogP contribution >= 0.6 is 0 Å². The molecule has 2 unspecified atom stereocenters. The fourth-order valence-electron chi connectivity index (χ4n) is 5.55. The van der Waals surface area contributed by atoms with E-state index in [4.69, 9.17) is 9.47 Å². The van der Waals surface area contributed by atoms with E-state index in [2.05, 4.69) is 5.32 Å². The molecule has 1 saturated heterocycles. The second-order valence-electron chi connectivity index (χ2n) is 12.6. The van der Waals surface area contributed by atoms with Gasteiger partial charge in [0.1, 0.15) is 6.04 Å². The van der Waals surface area contributed by atoms with Gasteiger partial charge in [0, 0.05) is 27.8 Å². The molecule has 0 bridgehead atoms. The number of hydrogen-bond donors (Lipinski definition) is 2. The predicted octanol–water partition coefficient (Wildman–Crippen LogP) is 2.47. The number of methoxy groups -OCH3 is 2. The number of amides is 3. The van der Waals surface area contributed by atoms with Crippen molar-refractivity contribution in [3.05, 3.63) is 0 Å². The molecule has 0 radical (unpaired) electrons. The third-order valence-corrected chi connectivity index (χ3v) is 9.13. The molecule has 0 aromatic rings. The van der Waals surface area contributed by atoms with Crippen molar-refractivity contribution in [1.29, 1.82) is 0 Å². The van der Waals surface area contributed by atoms with Gasteiger partial charge in [0.2, 0.25) is 17.7 Å². The molecule has 1 heterocycles. The Morgan fingerprint density at radius 2 is 1.63 bits per heavy atom. The molecule has 1 rings (SSSR count). The van der Waals surface area contributed by atoms with E-state index >= 15 is 0 Å². The molecule has 238 valence electrons. The van der Waals surface area contributed by atoms with Crippen LogP contribution < -0.4 is 5.32 Å². The van der Waals surface area contributed by atoms with Crippen molar-refractivity contribution in [2.24, 2.45) is 17.8 Å². The lowest BCUT2D eigenvalue weighted by Crippen LogP contribution is -2.61. The Bertz CT molecular complexity index is 894. The Labute approximate surface area is 247 Å². The molecule has 0 spiro atoms. The molecular formula is C30H56N4O7. The first-order valence-corrected chi connectivity index (χ1v) is 14.8. The normalized spacial score (nSPS) is 20.3. The lowest BCUT2D eigenvalue weighted by molar-refractivity contribution is -0.152. The van der Waals surface area contributed by atoms with E-state index in [1.165, 1.54) is 7.11 Å². The SMILES string of the molecule is CC[C@H](C)[C@@H]([C@@H](CC(=O)N1CCCC1[C@H](OC)[C@@H](C)C(=O)O)OC)N(C)C(=O)C(NC(=O)C(C)(C)N(C)C)C(C)C. The van der Waals surface area contributed by atoms with Gasteiger partial charge < -0.3 is 29.7 Å². The molecule has 2 N–H and O–H groups in total. The molecule has 1 fully saturated rings. The molecule has 1 aliphatic rings. The van der Waals surface area contributed by atoms with Gasteiger partial charge >= 0.3 is 5.97 Å². The first kappa shape index (κ1) is 36.8. The summed E-state index contributed by atoms with van der Waals surface area (Å²) in [7, 11) is 8.37. The van der Waals surface area contributed by atoms with Crippen molar-refractivity contribution in [2.75, 3.05) is 41.9 Å². The number of nitrogens with zero attached hydrogens (tertiary/aromatic N) is 3. The summed E-state index contributed by atoms with van der Waals surface area (Å²) < 4.78 is 11.5. The molecule has 0 aliphatic carbocycles. The third-order valence-electron chi connectivity index (χ3n) is 9.13. The van der Waals surface area contributed by atoms with Crippen LogP contribution in [-0.4, -0.2) is 121 Å². The summed E-state index contributed by atoms with van der Waals surface area (Å²) in [4.78, 5) is 57.6. The maximum absolute atomic E-state index is 13.9. The topological polar surface area (TPSA) is 129 Å².